The standard InChI is InChI=1S/C17H19IO2/c1-3-11-20-14-9-7-13(8-10-14)17(19)15-6-4-5-12(2)16(15)18/h4-10,17,19H,3,11H2,1-2H3. The second-order valence-corrected chi connectivity index (χ2v) is 5.88. The quantitative estimate of drug-likeness (QED) is 0.774. The summed E-state index contributed by atoms with van der Waals surface area (Å²) >= 11 is 2.29. The molecule has 106 valence electrons. The van der Waals surface area contributed by atoms with Crippen molar-refractivity contribution < 1.29 is 9.84 Å². The minimum atomic E-state index is -0.595. The summed E-state index contributed by atoms with van der Waals surface area (Å²) in [5.74, 6) is 0.849. The lowest BCUT2D eigenvalue weighted by molar-refractivity contribution is 0.219. The summed E-state index contributed by atoms with van der Waals surface area (Å²) in [4.78, 5) is 0. The van der Waals surface area contributed by atoms with E-state index in [4.69, 9.17) is 4.74 Å². The molecule has 0 radical (unpaired) electrons. The zero-order valence-electron chi connectivity index (χ0n) is 11.8. The molecule has 0 aliphatic heterocycles. The van der Waals surface area contributed by atoms with Crippen LogP contribution in [0.2, 0.25) is 0 Å². The van der Waals surface area contributed by atoms with Gasteiger partial charge in [0.1, 0.15) is 11.9 Å². The van der Waals surface area contributed by atoms with Crippen LogP contribution in [0.5, 0.6) is 5.75 Å². The molecule has 0 fully saturated rings. The van der Waals surface area contributed by atoms with Crippen molar-refractivity contribution in [1.82, 2.24) is 0 Å². The van der Waals surface area contributed by atoms with E-state index in [1.165, 1.54) is 5.56 Å². The highest BCUT2D eigenvalue weighted by Crippen LogP contribution is 2.29. The minimum absolute atomic E-state index is 0.595. The third-order valence-electron chi connectivity index (χ3n) is 3.18. The lowest BCUT2D eigenvalue weighted by Gasteiger charge is -2.15. The van der Waals surface area contributed by atoms with E-state index in [-0.39, 0.29) is 0 Å². The lowest BCUT2D eigenvalue weighted by atomic mass is 10.00. The van der Waals surface area contributed by atoms with Crippen molar-refractivity contribution in [2.75, 3.05) is 6.61 Å². The fraction of sp³-hybridized carbons (Fsp3) is 0.294. The summed E-state index contributed by atoms with van der Waals surface area (Å²) in [6.07, 6.45) is 0.397. The highest BCUT2D eigenvalue weighted by atomic mass is 127. The number of halogens is 1. The van der Waals surface area contributed by atoms with E-state index in [0.717, 1.165) is 33.5 Å². The van der Waals surface area contributed by atoms with E-state index in [2.05, 4.69) is 42.5 Å². The van der Waals surface area contributed by atoms with Crippen molar-refractivity contribution in [1.29, 1.82) is 0 Å². The molecule has 0 heterocycles. The molecule has 2 aromatic rings. The van der Waals surface area contributed by atoms with Gasteiger partial charge in [-0.05, 0) is 64.8 Å². The van der Waals surface area contributed by atoms with Gasteiger partial charge in [0.2, 0.25) is 0 Å². The van der Waals surface area contributed by atoms with Gasteiger partial charge in [0.25, 0.3) is 0 Å². The molecule has 2 nitrogen and oxygen atoms in total. The number of hydrogen-bond acceptors (Lipinski definition) is 2. The first-order valence-corrected chi connectivity index (χ1v) is 7.87. The second-order valence-electron chi connectivity index (χ2n) is 4.80. The molecule has 0 bridgehead atoms. The maximum absolute atomic E-state index is 10.5. The molecule has 1 unspecified atom stereocenters. The van der Waals surface area contributed by atoms with E-state index < -0.39 is 6.10 Å². The zero-order chi connectivity index (χ0) is 14.5. The zero-order valence-corrected chi connectivity index (χ0v) is 13.9. The molecule has 0 saturated heterocycles. The molecular formula is C17H19IO2. The first kappa shape index (κ1) is 15.3. The van der Waals surface area contributed by atoms with Gasteiger partial charge in [-0.3, -0.25) is 0 Å². The van der Waals surface area contributed by atoms with Gasteiger partial charge in [-0.1, -0.05) is 37.3 Å². The third-order valence-corrected chi connectivity index (χ3v) is 4.66. The molecule has 1 atom stereocenters. The maximum atomic E-state index is 10.5. The van der Waals surface area contributed by atoms with Crippen molar-refractivity contribution in [3.8, 4) is 5.75 Å². The molecule has 0 aromatic heterocycles. The normalized spacial score (nSPS) is 12.2. The average molecular weight is 382 g/mol. The van der Waals surface area contributed by atoms with Crippen LogP contribution in [0.3, 0.4) is 0 Å². The van der Waals surface area contributed by atoms with Crippen molar-refractivity contribution in [3.05, 3.63) is 62.7 Å². The predicted molar refractivity (Wildman–Crippen MR) is 90.2 cm³/mol. The van der Waals surface area contributed by atoms with Crippen molar-refractivity contribution in [2.24, 2.45) is 0 Å². The smallest absolute Gasteiger partial charge is 0.119 e. The van der Waals surface area contributed by atoms with Crippen molar-refractivity contribution >= 4 is 22.6 Å². The Balaban J connectivity index is 2.20. The number of aliphatic hydroxyl groups is 1. The summed E-state index contributed by atoms with van der Waals surface area (Å²) in [5.41, 5.74) is 3.02. The van der Waals surface area contributed by atoms with Gasteiger partial charge in [0.05, 0.1) is 6.61 Å². The van der Waals surface area contributed by atoms with Crippen LogP contribution in [0.4, 0.5) is 0 Å². The third kappa shape index (κ3) is 3.52. The molecule has 1 N–H and O–H groups in total. The highest BCUT2D eigenvalue weighted by molar-refractivity contribution is 14.1. The summed E-state index contributed by atoms with van der Waals surface area (Å²) in [7, 11) is 0. The Morgan fingerprint density at radius 3 is 2.50 bits per heavy atom. The van der Waals surface area contributed by atoms with E-state index in [1.807, 2.05) is 36.4 Å². The summed E-state index contributed by atoms with van der Waals surface area (Å²) in [5, 5.41) is 10.5. The first-order chi connectivity index (χ1) is 9.63. The Bertz CT molecular complexity index is 564. The minimum Gasteiger partial charge on any atom is -0.494 e. The van der Waals surface area contributed by atoms with E-state index in [1.54, 1.807) is 0 Å². The number of aryl methyl sites for hydroxylation is 1. The van der Waals surface area contributed by atoms with E-state index in [0.29, 0.717) is 0 Å². The van der Waals surface area contributed by atoms with Crippen LogP contribution in [0.15, 0.2) is 42.5 Å². The second kappa shape index (κ2) is 7.09. The van der Waals surface area contributed by atoms with Crippen LogP contribution in [-0.4, -0.2) is 11.7 Å². The topological polar surface area (TPSA) is 29.5 Å². The van der Waals surface area contributed by atoms with E-state index >= 15 is 0 Å². The highest BCUT2D eigenvalue weighted by Gasteiger charge is 2.14. The molecule has 2 rings (SSSR count). The molecule has 0 aliphatic rings. The molecular weight excluding hydrogens is 363 g/mol. The van der Waals surface area contributed by atoms with Gasteiger partial charge in [-0.2, -0.15) is 0 Å². The first-order valence-electron chi connectivity index (χ1n) is 6.79. The number of aliphatic hydroxyl groups excluding tert-OH is 1. The molecule has 0 saturated carbocycles. The molecule has 0 aliphatic carbocycles. The predicted octanol–water partition coefficient (Wildman–Crippen LogP) is 4.47. The Morgan fingerprint density at radius 2 is 1.85 bits per heavy atom. The van der Waals surface area contributed by atoms with Gasteiger partial charge in [-0.15, -0.1) is 0 Å². The average Bonchev–Trinajstić information content (AvgIpc) is 2.48. The van der Waals surface area contributed by atoms with Crippen LogP contribution < -0.4 is 4.74 Å². The molecule has 0 amide bonds. The Kier molecular flexibility index (Phi) is 5.43. The Hall–Kier alpha value is -1.07. The summed E-state index contributed by atoms with van der Waals surface area (Å²) < 4.78 is 6.67. The maximum Gasteiger partial charge on any atom is 0.119 e. The number of ether oxygens (including phenoxy) is 1. The lowest BCUT2D eigenvalue weighted by Crippen LogP contribution is -2.03. The van der Waals surface area contributed by atoms with Crippen molar-refractivity contribution in [2.45, 2.75) is 26.4 Å². The van der Waals surface area contributed by atoms with Gasteiger partial charge in [-0.25, -0.2) is 0 Å². The van der Waals surface area contributed by atoms with Gasteiger partial charge in [0, 0.05) is 3.57 Å². The van der Waals surface area contributed by atoms with Gasteiger partial charge in [0.15, 0.2) is 0 Å². The number of benzene rings is 2. The largest absolute Gasteiger partial charge is 0.494 e. The monoisotopic (exact) mass is 382 g/mol. The number of hydrogen-bond donors (Lipinski definition) is 1. The van der Waals surface area contributed by atoms with Gasteiger partial charge >= 0.3 is 0 Å². The van der Waals surface area contributed by atoms with Crippen LogP contribution in [0.1, 0.15) is 36.1 Å². The fourth-order valence-corrected chi connectivity index (χ4v) is 2.68. The molecule has 2 aromatic carbocycles. The SMILES string of the molecule is CCCOc1ccc(C(O)c2cccc(C)c2I)cc1. The molecule has 20 heavy (non-hydrogen) atoms. The van der Waals surface area contributed by atoms with Crippen LogP contribution in [0.25, 0.3) is 0 Å². The molecule has 0 spiro atoms. The Morgan fingerprint density at radius 1 is 1.15 bits per heavy atom. The summed E-state index contributed by atoms with van der Waals surface area (Å²) in [6, 6.07) is 13.7. The number of rotatable bonds is 5. The van der Waals surface area contributed by atoms with Crippen LogP contribution in [-0.2, 0) is 0 Å². The van der Waals surface area contributed by atoms with Crippen molar-refractivity contribution in [3.63, 3.8) is 0 Å². The summed E-state index contributed by atoms with van der Waals surface area (Å²) in [6.45, 7) is 4.86. The fourth-order valence-electron chi connectivity index (χ4n) is 2.03. The Labute approximate surface area is 133 Å². The van der Waals surface area contributed by atoms with Gasteiger partial charge < -0.3 is 9.84 Å². The van der Waals surface area contributed by atoms with E-state index in [9.17, 15) is 5.11 Å². The van der Waals surface area contributed by atoms with Crippen LogP contribution >= 0.6 is 22.6 Å². The van der Waals surface area contributed by atoms with Crippen LogP contribution in [0, 0.1) is 10.5 Å². The molecule has 3 heteroatoms.